The quantitative estimate of drug-likeness (QED) is 0.864. The zero-order valence-corrected chi connectivity index (χ0v) is 10.9. The molecular weight excluding hydrogens is 276 g/mol. The van der Waals surface area contributed by atoms with Crippen molar-refractivity contribution >= 4 is 21.9 Å². The van der Waals surface area contributed by atoms with E-state index in [4.69, 9.17) is 4.74 Å². The van der Waals surface area contributed by atoms with Crippen molar-refractivity contribution in [3.05, 3.63) is 27.7 Å². The Hall–Kier alpha value is -1.07. The van der Waals surface area contributed by atoms with E-state index >= 15 is 0 Å². The van der Waals surface area contributed by atoms with Crippen LogP contribution in [0.15, 0.2) is 16.6 Å². The molecule has 0 aliphatic rings. The van der Waals surface area contributed by atoms with Crippen LogP contribution in [0.25, 0.3) is 0 Å². The number of halogens is 1. The number of carbonyl (C=O) groups excluding carboxylic acids is 1. The number of rotatable bonds is 3. The molecule has 1 unspecified atom stereocenters. The zero-order valence-electron chi connectivity index (χ0n) is 9.28. The Morgan fingerprint density at radius 3 is 2.56 bits per heavy atom. The Balaban J connectivity index is 3.25. The molecule has 0 bridgehead atoms. The van der Waals surface area contributed by atoms with E-state index in [1.165, 1.54) is 14.2 Å². The lowest BCUT2D eigenvalue weighted by Gasteiger charge is -2.15. The minimum atomic E-state index is -1.34. The highest BCUT2D eigenvalue weighted by Crippen LogP contribution is 2.32. The third-order valence-corrected chi connectivity index (χ3v) is 2.65. The molecule has 0 saturated carbocycles. The molecule has 1 atom stereocenters. The minimum absolute atomic E-state index is 0.390. The first-order valence-corrected chi connectivity index (χ1v) is 5.40. The van der Waals surface area contributed by atoms with Gasteiger partial charge in [0.05, 0.1) is 14.2 Å². The van der Waals surface area contributed by atoms with Gasteiger partial charge in [0.25, 0.3) is 0 Å². The Bertz CT molecular complexity index is 403. The highest BCUT2D eigenvalue weighted by atomic mass is 79.9. The predicted molar refractivity (Wildman–Crippen MR) is 62.4 cm³/mol. The molecule has 1 aromatic rings. The van der Waals surface area contributed by atoms with Gasteiger partial charge in [-0.25, -0.2) is 4.79 Å². The van der Waals surface area contributed by atoms with Crippen LogP contribution in [0, 0.1) is 6.92 Å². The summed E-state index contributed by atoms with van der Waals surface area (Å²) in [5, 5.41) is 9.77. The lowest BCUT2D eigenvalue weighted by Crippen LogP contribution is -2.14. The summed E-state index contributed by atoms with van der Waals surface area (Å²) in [5.41, 5.74) is 1.22. The molecule has 0 saturated heterocycles. The second kappa shape index (κ2) is 5.32. The molecule has 1 N–H and O–H groups in total. The fraction of sp³-hybridized carbons (Fsp3) is 0.364. The van der Waals surface area contributed by atoms with Crippen molar-refractivity contribution in [3.63, 3.8) is 0 Å². The predicted octanol–water partition coefficient (Wildman–Crippen LogP) is 1.97. The van der Waals surface area contributed by atoms with E-state index in [1.54, 1.807) is 6.07 Å². The van der Waals surface area contributed by atoms with Crippen LogP contribution in [0.5, 0.6) is 5.75 Å². The normalized spacial score (nSPS) is 12.1. The molecule has 5 heteroatoms. The Morgan fingerprint density at radius 2 is 2.06 bits per heavy atom. The van der Waals surface area contributed by atoms with Crippen LogP contribution in [0.1, 0.15) is 17.2 Å². The van der Waals surface area contributed by atoms with E-state index in [9.17, 15) is 9.90 Å². The van der Waals surface area contributed by atoms with Crippen molar-refractivity contribution in [2.45, 2.75) is 13.0 Å². The van der Waals surface area contributed by atoms with Gasteiger partial charge in [-0.3, -0.25) is 0 Å². The molecule has 88 valence electrons. The summed E-state index contributed by atoms with van der Waals surface area (Å²) in [4.78, 5) is 11.3. The second-order valence-electron chi connectivity index (χ2n) is 3.27. The minimum Gasteiger partial charge on any atom is -0.496 e. The molecular formula is C11H13BrO4. The number of esters is 1. The molecule has 1 rings (SSSR count). The van der Waals surface area contributed by atoms with Gasteiger partial charge in [0.2, 0.25) is 0 Å². The number of ether oxygens (including phenoxy) is 2. The number of aryl methyl sites for hydroxylation is 1. The van der Waals surface area contributed by atoms with Crippen LogP contribution in [0.4, 0.5) is 0 Å². The smallest absolute Gasteiger partial charge is 0.339 e. The summed E-state index contributed by atoms with van der Waals surface area (Å²) >= 11 is 3.30. The van der Waals surface area contributed by atoms with E-state index in [0.717, 1.165) is 10.0 Å². The molecule has 0 heterocycles. The molecule has 0 spiro atoms. The van der Waals surface area contributed by atoms with E-state index in [1.807, 2.05) is 13.0 Å². The Labute approximate surface area is 102 Å². The lowest BCUT2D eigenvalue weighted by atomic mass is 10.0. The van der Waals surface area contributed by atoms with Crippen molar-refractivity contribution in [1.29, 1.82) is 0 Å². The number of benzene rings is 1. The summed E-state index contributed by atoms with van der Waals surface area (Å²) in [5.74, 6) is -0.225. The molecule has 0 amide bonds. The van der Waals surface area contributed by atoms with Crippen molar-refractivity contribution in [2.75, 3.05) is 14.2 Å². The van der Waals surface area contributed by atoms with Crippen LogP contribution < -0.4 is 4.74 Å². The maximum absolute atomic E-state index is 11.3. The average molecular weight is 289 g/mol. The first-order chi connectivity index (χ1) is 7.51. The largest absolute Gasteiger partial charge is 0.496 e. The van der Waals surface area contributed by atoms with Crippen LogP contribution >= 0.6 is 15.9 Å². The van der Waals surface area contributed by atoms with Crippen molar-refractivity contribution in [1.82, 2.24) is 0 Å². The van der Waals surface area contributed by atoms with Gasteiger partial charge in [-0.2, -0.15) is 0 Å². The summed E-state index contributed by atoms with van der Waals surface area (Å²) in [6, 6.07) is 3.47. The number of methoxy groups -OCH3 is 2. The molecule has 0 aromatic heterocycles. The Kier molecular flexibility index (Phi) is 4.32. The van der Waals surface area contributed by atoms with Crippen molar-refractivity contribution < 1.29 is 19.4 Å². The van der Waals surface area contributed by atoms with Crippen molar-refractivity contribution in [3.8, 4) is 5.75 Å². The van der Waals surface area contributed by atoms with Gasteiger partial charge in [-0.15, -0.1) is 0 Å². The van der Waals surface area contributed by atoms with Gasteiger partial charge in [-0.1, -0.05) is 15.9 Å². The molecule has 0 aliphatic carbocycles. The lowest BCUT2D eigenvalue weighted by molar-refractivity contribution is -0.150. The summed E-state index contributed by atoms with van der Waals surface area (Å²) in [7, 11) is 2.71. The molecule has 16 heavy (non-hydrogen) atoms. The van der Waals surface area contributed by atoms with Gasteiger partial charge in [0, 0.05) is 10.0 Å². The van der Waals surface area contributed by atoms with Gasteiger partial charge < -0.3 is 14.6 Å². The van der Waals surface area contributed by atoms with Gasteiger partial charge in [-0.05, 0) is 24.6 Å². The molecule has 0 aliphatic heterocycles. The summed E-state index contributed by atoms with van der Waals surface area (Å²) in [6.07, 6.45) is -1.34. The first kappa shape index (κ1) is 13.0. The molecule has 0 radical (unpaired) electrons. The monoisotopic (exact) mass is 288 g/mol. The zero-order chi connectivity index (χ0) is 12.3. The van der Waals surface area contributed by atoms with Gasteiger partial charge in [0.1, 0.15) is 5.75 Å². The number of carbonyl (C=O) groups is 1. The highest BCUT2D eigenvalue weighted by molar-refractivity contribution is 9.10. The van der Waals surface area contributed by atoms with Crippen LogP contribution in [-0.4, -0.2) is 25.3 Å². The second-order valence-corrected chi connectivity index (χ2v) is 4.19. The third kappa shape index (κ3) is 2.54. The summed E-state index contributed by atoms with van der Waals surface area (Å²) < 4.78 is 10.4. The standard InChI is InChI=1S/C11H13BrO4/c1-6-4-7(12)5-8(10(6)15-2)9(13)11(14)16-3/h4-5,9,13H,1-3H3. The first-order valence-electron chi connectivity index (χ1n) is 4.61. The topological polar surface area (TPSA) is 55.8 Å². The fourth-order valence-corrected chi connectivity index (χ4v) is 2.07. The third-order valence-electron chi connectivity index (χ3n) is 2.19. The Morgan fingerprint density at radius 1 is 1.44 bits per heavy atom. The number of hydrogen-bond donors (Lipinski definition) is 1. The number of aliphatic hydroxyl groups is 1. The van der Waals surface area contributed by atoms with Crippen molar-refractivity contribution in [2.24, 2.45) is 0 Å². The van der Waals surface area contributed by atoms with Crippen LogP contribution in [-0.2, 0) is 9.53 Å². The molecule has 1 aromatic carbocycles. The maximum Gasteiger partial charge on any atom is 0.339 e. The van der Waals surface area contributed by atoms with E-state index in [0.29, 0.717) is 11.3 Å². The van der Waals surface area contributed by atoms with Crippen LogP contribution in [0.3, 0.4) is 0 Å². The van der Waals surface area contributed by atoms with Crippen LogP contribution in [0.2, 0.25) is 0 Å². The average Bonchev–Trinajstić information content (AvgIpc) is 2.26. The highest BCUT2D eigenvalue weighted by Gasteiger charge is 2.23. The molecule has 4 nitrogen and oxygen atoms in total. The number of aliphatic hydroxyl groups excluding tert-OH is 1. The maximum atomic E-state index is 11.3. The fourth-order valence-electron chi connectivity index (χ4n) is 1.48. The number of hydrogen-bond acceptors (Lipinski definition) is 4. The van der Waals surface area contributed by atoms with E-state index in [-0.39, 0.29) is 0 Å². The SMILES string of the molecule is COC(=O)C(O)c1cc(Br)cc(C)c1OC. The van der Waals surface area contributed by atoms with E-state index < -0.39 is 12.1 Å². The van der Waals surface area contributed by atoms with Gasteiger partial charge in [0.15, 0.2) is 6.10 Å². The van der Waals surface area contributed by atoms with E-state index in [2.05, 4.69) is 20.7 Å². The summed E-state index contributed by atoms with van der Waals surface area (Å²) in [6.45, 7) is 1.83. The van der Waals surface area contributed by atoms with Gasteiger partial charge >= 0.3 is 5.97 Å². The molecule has 0 fully saturated rings.